The van der Waals surface area contributed by atoms with Crippen molar-refractivity contribution in [2.24, 2.45) is 0 Å². The zero-order valence-electron chi connectivity index (χ0n) is 50.3. The van der Waals surface area contributed by atoms with Gasteiger partial charge in [-0.25, -0.2) is 0 Å². The van der Waals surface area contributed by atoms with Crippen LogP contribution in [0.3, 0.4) is 0 Å². The number of ether oxygens (including phenoxy) is 3. The number of carbonyl (C=O) groups excluding carboxylic acids is 3. The highest BCUT2D eigenvalue weighted by atomic mass is 16.6. The standard InChI is InChI=1S/C70H122O6/c1-4-7-10-13-16-19-22-25-28-30-32-33-34-35-36-37-38-40-42-45-48-51-54-57-60-63-69(72)75-66-67(65-74-68(71)62-59-56-53-50-47-44-41-27-24-21-18-15-12-9-6-3)76-70(73)64-61-58-55-52-49-46-43-39-31-29-26-23-20-17-14-11-8-5-2/h7,9-10,12,16,18-19,21,25,27-28,32-33,41,67H,4-6,8,11,13-15,17,20,22-24,26,29-31,34-40,42-66H2,1-3H3/b10-7-,12-9-,19-16-,21-18-,28-25-,33-32-,41-27-. The first-order chi connectivity index (χ1) is 37.5. The molecule has 1 atom stereocenters. The fourth-order valence-electron chi connectivity index (χ4n) is 9.33. The van der Waals surface area contributed by atoms with Crippen LogP contribution in [-0.2, 0) is 28.6 Å². The van der Waals surface area contributed by atoms with Crippen molar-refractivity contribution in [3.05, 3.63) is 85.1 Å². The smallest absolute Gasteiger partial charge is 0.306 e. The van der Waals surface area contributed by atoms with Gasteiger partial charge in [-0.1, -0.05) is 298 Å². The van der Waals surface area contributed by atoms with E-state index in [1.807, 2.05) is 0 Å². The molecule has 0 fully saturated rings. The molecule has 0 saturated carbocycles. The minimum Gasteiger partial charge on any atom is -0.462 e. The molecule has 438 valence electrons. The molecule has 0 N–H and O–H groups in total. The number of unbranched alkanes of at least 4 members (excludes halogenated alkanes) is 34. The van der Waals surface area contributed by atoms with Gasteiger partial charge in [0, 0.05) is 19.3 Å². The summed E-state index contributed by atoms with van der Waals surface area (Å²) in [5, 5.41) is 0. The lowest BCUT2D eigenvalue weighted by Gasteiger charge is -2.18. The van der Waals surface area contributed by atoms with Gasteiger partial charge in [-0.15, -0.1) is 0 Å². The molecule has 0 saturated heterocycles. The Hall–Kier alpha value is -3.41. The van der Waals surface area contributed by atoms with Gasteiger partial charge in [0.05, 0.1) is 0 Å². The number of carbonyl (C=O) groups is 3. The van der Waals surface area contributed by atoms with Crippen molar-refractivity contribution >= 4 is 17.9 Å². The van der Waals surface area contributed by atoms with Crippen molar-refractivity contribution in [2.45, 2.75) is 329 Å². The van der Waals surface area contributed by atoms with Crippen LogP contribution in [-0.4, -0.2) is 37.2 Å². The van der Waals surface area contributed by atoms with Gasteiger partial charge in [0.2, 0.25) is 0 Å². The highest BCUT2D eigenvalue weighted by Crippen LogP contribution is 2.17. The fraction of sp³-hybridized carbons (Fsp3) is 0.757. The Kier molecular flexibility index (Phi) is 61.2. The predicted octanol–water partition coefficient (Wildman–Crippen LogP) is 22.3. The first-order valence-electron chi connectivity index (χ1n) is 32.6. The third-order valence-corrected chi connectivity index (χ3v) is 14.1. The summed E-state index contributed by atoms with van der Waals surface area (Å²) in [6.07, 6.45) is 84.5. The Morgan fingerprint density at radius 3 is 0.803 bits per heavy atom. The van der Waals surface area contributed by atoms with Gasteiger partial charge in [0.1, 0.15) is 13.2 Å². The van der Waals surface area contributed by atoms with E-state index in [-0.39, 0.29) is 31.1 Å². The molecule has 6 heteroatoms. The molecular weight excluding hydrogens is 937 g/mol. The van der Waals surface area contributed by atoms with Crippen LogP contribution in [0, 0.1) is 0 Å². The quantitative estimate of drug-likeness (QED) is 0.0261. The van der Waals surface area contributed by atoms with Crippen LogP contribution in [0.2, 0.25) is 0 Å². The number of esters is 3. The first kappa shape index (κ1) is 72.6. The molecule has 0 radical (unpaired) electrons. The van der Waals surface area contributed by atoms with Crippen LogP contribution in [0.25, 0.3) is 0 Å². The molecule has 0 amide bonds. The average Bonchev–Trinajstić information content (AvgIpc) is 3.42. The lowest BCUT2D eigenvalue weighted by atomic mass is 10.0. The van der Waals surface area contributed by atoms with E-state index in [1.165, 1.54) is 161 Å². The van der Waals surface area contributed by atoms with E-state index in [4.69, 9.17) is 14.2 Å². The zero-order valence-corrected chi connectivity index (χ0v) is 50.3. The van der Waals surface area contributed by atoms with Gasteiger partial charge < -0.3 is 14.2 Å². The van der Waals surface area contributed by atoms with Crippen molar-refractivity contribution in [3.63, 3.8) is 0 Å². The van der Waals surface area contributed by atoms with Gasteiger partial charge >= 0.3 is 17.9 Å². The third kappa shape index (κ3) is 61.4. The van der Waals surface area contributed by atoms with Crippen LogP contribution in [0.15, 0.2) is 85.1 Å². The number of rotatable bonds is 59. The Bertz CT molecular complexity index is 1450. The molecule has 0 heterocycles. The molecule has 1 unspecified atom stereocenters. The summed E-state index contributed by atoms with van der Waals surface area (Å²) in [5.41, 5.74) is 0. The highest BCUT2D eigenvalue weighted by Gasteiger charge is 2.19. The molecule has 0 aromatic rings. The van der Waals surface area contributed by atoms with Crippen LogP contribution in [0.4, 0.5) is 0 Å². The van der Waals surface area contributed by atoms with Crippen molar-refractivity contribution in [1.82, 2.24) is 0 Å². The summed E-state index contributed by atoms with van der Waals surface area (Å²) in [4.78, 5) is 38.3. The minimum atomic E-state index is -0.784. The summed E-state index contributed by atoms with van der Waals surface area (Å²) in [5.74, 6) is -0.883. The second kappa shape index (κ2) is 64.1. The van der Waals surface area contributed by atoms with Crippen molar-refractivity contribution in [3.8, 4) is 0 Å². The summed E-state index contributed by atoms with van der Waals surface area (Å²) in [7, 11) is 0. The average molecular weight is 1060 g/mol. The largest absolute Gasteiger partial charge is 0.462 e. The molecular formula is C70H122O6. The maximum absolute atomic E-state index is 12.9. The maximum Gasteiger partial charge on any atom is 0.306 e. The Morgan fingerprint density at radius 1 is 0.276 bits per heavy atom. The molecule has 0 rings (SSSR count). The summed E-state index contributed by atoms with van der Waals surface area (Å²) in [6, 6.07) is 0. The fourth-order valence-corrected chi connectivity index (χ4v) is 9.33. The van der Waals surface area contributed by atoms with Gasteiger partial charge in [-0.2, -0.15) is 0 Å². The van der Waals surface area contributed by atoms with Gasteiger partial charge in [-0.3, -0.25) is 14.4 Å². The molecule has 76 heavy (non-hydrogen) atoms. The lowest BCUT2D eigenvalue weighted by Crippen LogP contribution is -2.30. The highest BCUT2D eigenvalue weighted by molar-refractivity contribution is 5.71. The second-order valence-corrected chi connectivity index (χ2v) is 21.6. The SMILES string of the molecule is CC/C=C\C/C=C\C/C=C\C/C=C\CCCCCCCCCCCCCCC(=O)OCC(COC(=O)CCCCCCC/C=C\C/C=C\C/C=C\CC)OC(=O)CCCCCCCCCCCCCCCCCCCC. The van der Waals surface area contributed by atoms with Crippen molar-refractivity contribution < 1.29 is 28.6 Å². The van der Waals surface area contributed by atoms with Crippen LogP contribution in [0.5, 0.6) is 0 Å². The number of allylic oxidation sites excluding steroid dienone is 14. The van der Waals surface area contributed by atoms with Crippen LogP contribution < -0.4 is 0 Å². The number of hydrogen-bond acceptors (Lipinski definition) is 6. The Labute approximate surface area is 471 Å². The zero-order chi connectivity index (χ0) is 55.0. The van der Waals surface area contributed by atoms with Crippen molar-refractivity contribution in [2.75, 3.05) is 13.2 Å². The molecule has 0 aliphatic rings. The number of hydrogen-bond donors (Lipinski definition) is 0. The van der Waals surface area contributed by atoms with E-state index in [0.29, 0.717) is 19.3 Å². The second-order valence-electron chi connectivity index (χ2n) is 21.6. The molecule has 0 aliphatic carbocycles. The molecule has 0 aromatic heterocycles. The van der Waals surface area contributed by atoms with E-state index in [2.05, 4.69) is 106 Å². The molecule has 0 aromatic carbocycles. The van der Waals surface area contributed by atoms with E-state index in [0.717, 1.165) is 122 Å². The molecule has 0 bridgehead atoms. The normalized spacial score (nSPS) is 12.6. The summed E-state index contributed by atoms with van der Waals surface area (Å²) in [6.45, 7) is 6.44. The van der Waals surface area contributed by atoms with Crippen LogP contribution >= 0.6 is 0 Å². The minimum absolute atomic E-state index is 0.0801. The molecule has 0 aliphatic heterocycles. The summed E-state index contributed by atoms with van der Waals surface area (Å²) < 4.78 is 16.9. The van der Waals surface area contributed by atoms with Gasteiger partial charge in [0.25, 0.3) is 0 Å². The topological polar surface area (TPSA) is 78.9 Å². The third-order valence-electron chi connectivity index (χ3n) is 14.1. The van der Waals surface area contributed by atoms with E-state index in [9.17, 15) is 14.4 Å². The van der Waals surface area contributed by atoms with E-state index < -0.39 is 6.10 Å². The monoisotopic (exact) mass is 1060 g/mol. The predicted molar refractivity (Wildman–Crippen MR) is 330 cm³/mol. The summed E-state index contributed by atoms with van der Waals surface area (Å²) >= 11 is 0. The van der Waals surface area contributed by atoms with Crippen LogP contribution in [0.1, 0.15) is 323 Å². The first-order valence-corrected chi connectivity index (χ1v) is 32.6. The molecule has 0 spiro atoms. The Balaban J connectivity index is 4.32. The van der Waals surface area contributed by atoms with Gasteiger partial charge in [0.15, 0.2) is 6.10 Å². The van der Waals surface area contributed by atoms with E-state index >= 15 is 0 Å². The van der Waals surface area contributed by atoms with E-state index in [1.54, 1.807) is 0 Å². The van der Waals surface area contributed by atoms with Crippen molar-refractivity contribution in [1.29, 1.82) is 0 Å². The molecule has 6 nitrogen and oxygen atoms in total. The lowest BCUT2D eigenvalue weighted by molar-refractivity contribution is -0.167. The Morgan fingerprint density at radius 2 is 0.513 bits per heavy atom. The maximum atomic E-state index is 12.9. The van der Waals surface area contributed by atoms with Gasteiger partial charge in [-0.05, 0) is 89.9 Å².